The second-order valence-electron chi connectivity index (χ2n) is 7.91. The summed E-state index contributed by atoms with van der Waals surface area (Å²) in [6.07, 6.45) is 2.69. The third-order valence-corrected chi connectivity index (χ3v) is 14.1. The summed E-state index contributed by atoms with van der Waals surface area (Å²) in [5.41, 5.74) is 1.92. The molecule has 0 saturated carbocycles. The van der Waals surface area contributed by atoms with Crippen molar-refractivity contribution >= 4 is 28.0 Å². The van der Waals surface area contributed by atoms with Gasteiger partial charge < -0.3 is 4.34 Å². The number of Topliss-reactive ketones (excluding diaryl/α,β-unsaturated/α-hetero) is 1. The summed E-state index contributed by atoms with van der Waals surface area (Å²) in [5, 5.41) is 5.03. The zero-order valence-corrected chi connectivity index (χ0v) is 17.2. The number of rotatable bonds is 5. The van der Waals surface area contributed by atoms with Gasteiger partial charge in [0, 0.05) is 17.7 Å². The Balaban J connectivity index is 2.03. The SMILES string of the molecule is CC(CCC(=O)c1ccccc1)=NN1[Si](C)(C)CCC[Si]1(C)C. The molecule has 1 fully saturated rings. The topological polar surface area (TPSA) is 32.7 Å². The summed E-state index contributed by atoms with van der Waals surface area (Å²) in [5.74, 6) is 0.215. The van der Waals surface area contributed by atoms with Crippen LogP contribution in [0.4, 0.5) is 0 Å². The van der Waals surface area contributed by atoms with Crippen molar-refractivity contribution in [2.45, 2.75) is 64.5 Å². The molecule has 1 aliphatic heterocycles. The molecule has 1 heterocycles. The van der Waals surface area contributed by atoms with Gasteiger partial charge >= 0.3 is 0 Å². The van der Waals surface area contributed by atoms with Gasteiger partial charge in [-0.25, -0.2) is 5.10 Å². The summed E-state index contributed by atoms with van der Waals surface area (Å²) in [6.45, 7) is 11.8. The fraction of sp³-hybridized carbons (Fsp3) is 0.556. The molecular weight excluding hydrogens is 316 g/mol. The highest BCUT2D eigenvalue weighted by molar-refractivity contribution is 6.91. The summed E-state index contributed by atoms with van der Waals surface area (Å²) in [7, 11) is -2.83. The lowest BCUT2D eigenvalue weighted by Crippen LogP contribution is -2.62. The van der Waals surface area contributed by atoms with Gasteiger partial charge in [0.05, 0.1) is 0 Å². The molecule has 0 amide bonds. The Labute approximate surface area is 143 Å². The summed E-state index contributed by atoms with van der Waals surface area (Å²) >= 11 is 0. The van der Waals surface area contributed by atoms with Gasteiger partial charge in [-0.15, -0.1) is 0 Å². The number of nitrogens with zero attached hydrogens (tertiary/aromatic N) is 2. The monoisotopic (exact) mass is 346 g/mol. The highest BCUT2D eigenvalue weighted by Gasteiger charge is 2.43. The van der Waals surface area contributed by atoms with Crippen molar-refractivity contribution in [3.8, 4) is 0 Å². The van der Waals surface area contributed by atoms with Crippen LogP contribution in [0.15, 0.2) is 35.4 Å². The molecule has 0 bridgehead atoms. The molecule has 1 aromatic rings. The van der Waals surface area contributed by atoms with Crippen LogP contribution in [-0.2, 0) is 0 Å². The van der Waals surface area contributed by atoms with Gasteiger partial charge in [0.25, 0.3) is 0 Å². The lowest BCUT2D eigenvalue weighted by Gasteiger charge is -2.49. The lowest BCUT2D eigenvalue weighted by atomic mass is 10.1. The van der Waals surface area contributed by atoms with Gasteiger partial charge in [0.1, 0.15) is 0 Å². The van der Waals surface area contributed by atoms with Crippen molar-refractivity contribution in [3.05, 3.63) is 35.9 Å². The number of hydrogen-bond donors (Lipinski definition) is 0. The van der Waals surface area contributed by atoms with E-state index in [9.17, 15) is 4.79 Å². The minimum atomic E-state index is -1.42. The Hall–Kier alpha value is -1.21. The van der Waals surface area contributed by atoms with E-state index in [0.29, 0.717) is 6.42 Å². The first-order valence-corrected chi connectivity index (χ1v) is 15.0. The van der Waals surface area contributed by atoms with Crippen LogP contribution in [0.25, 0.3) is 0 Å². The summed E-state index contributed by atoms with van der Waals surface area (Å²) in [6, 6.07) is 12.2. The molecule has 1 saturated heterocycles. The van der Waals surface area contributed by atoms with E-state index in [1.807, 2.05) is 30.3 Å². The second-order valence-corrected chi connectivity index (χ2v) is 17.5. The van der Waals surface area contributed by atoms with Crippen molar-refractivity contribution in [1.82, 2.24) is 4.34 Å². The molecule has 0 N–H and O–H groups in total. The third-order valence-electron chi connectivity index (χ3n) is 4.80. The third kappa shape index (κ3) is 4.64. The maximum absolute atomic E-state index is 12.2. The molecule has 0 atom stereocenters. The van der Waals surface area contributed by atoms with Crippen LogP contribution < -0.4 is 0 Å². The van der Waals surface area contributed by atoms with Crippen LogP contribution in [0, 0.1) is 0 Å². The molecule has 3 nitrogen and oxygen atoms in total. The second kappa shape index (κ2) is 7.13. The maximum atomic E-state index is 12.2. The largest absolute Gasteiger partial charge is 0.349 e. The van der Waals surface area contributed by atoms with Crippen LogP contribution in [0.1, 0.15) is 36.5 Å². The molecule has 0 spiro atoms. The number of carbonyl (C=O) groups excluding carboxylic acids is 1. The molecule has 126 valence electrons. The van der Waals surface area contributed by atoms with Gasteiger partial charge in [-0.05, 0) is 25.4 Å². The molecular formula is C18H30N2OSi2. The van der Waals surface area contributed by atoms with Crippen molar-refractivity contribution < 1.29 is 4.79 Å². The van der Waals surface area contributed by atoms with Crippen LogP contribution in [0.2, 0.25) is 38.3 Å². The quantitative estimate of drug-likeness (QED) is 0.420. The number of carbonyl (C=O) groups is 1. The fourth-order valence-electron chi connectivity index (χ4n) is 3.54. The van der Waals surface area contributed by atoms with E-state index >= 15 is 0 Å². The minimum absolute atomic E-state index is 0.215. The average molecular weight is 347 g/mol. The average Bonchev–Trinajstić information content (AvgIpc) is 2.49. The predicted molar refractivity (Wildman–Crippen MR) is 104 cm³/mol. The van der Waals surface area contributed by atoms with E-state index in [0.717, 1.165) is 17.7 Å². The molecule has 0 unspecified atom stereocenters. The summed E-state index contributed by atoms with van der Waals surface area (Å²) < 4.78 is 2.55. The van der Waals surface area contributed by atoms with Crippen molar-refractivity contribution in [2.75, 3.05) is 0 Å². The van der Waals surface area contributed by atoms with Gasteiger partial charge in [-0.2, -0.15) is 0 Å². The Bertz CT molecular complexity index is 566. The Morgan fingerprint density at radius 2 is 1.61 bits per heavy atom. The summed E-state index contributed by atoms with van der Waals surface area (Å²) in [4.78, 5) is 12.2. The Kier molecular flexibility index (Phi) is 5.63. The van der Waals surface area contributed by atoms with E-state index in [2.05, 4.69) is 37.5 Å². The molecule has 0 aliphatic carbocycles. The van der Waals surface area contributed by atoms with Crippen molar-refractivity contribution in [3.63, 3.8) is 0 Å². The first-order chi connectivity index (χ1) is 10.7. The van der Waals surface area contributed by atoms with Gasteiger partial charge in [0.15, 0.2) is 22.3 Å². The molecule has 0 aromatic heterocycles. The molecule has 1 aromatic carbocycles. The van der Waals surface area contributed by atoms with Gasteiger partial charge in [-0.3, -0.25) is 4.79 Å². The predicted octanol–water partition coefficient (Wildman–Crippen LogP) is 5.14. The highest BCUT2D eigenvalue weighted by Crippen LogP contribution is 2.35. The number of hydrazone groups is 1. The van der Waals surface area contributed by atoms with Gasteiger partial charge in [-0.1, -0.05) is 62.9 Å². The molecule has 23 heavy (non-hydrogen) atoms. The zero-order valence-electron chi connectivity index (χ0n) is 15.2. The standard InChI is InChI=1S/C18H30N2OSi2/c1-16(12-13-18(21)17-10-7-6-8-11-17)19-20-22(2,3)14-9-15-23(20,4)5/h6-8,10-11H,9,12-15H2,1-5H3. The van der Waals surface area contributed by atoms with Crippen molar-refractivity contribution in [1.29, 1.82) is 0 Å². The minimum Gasteiger partial charge on any atom is -0.349 e. The van der Waals surface area contributed by atoms with E-state index in [-0.39, 0.29) is 5.78 Å². The number of ketones is 1. The number of benzene rings is 1. The van der Waals surface area contributed by atoms with Crippen LogP contribution in [-0.4, -0.2) is 32.3 Å². The van der Waals surface area contributed by atoms with E-state index in [1.54, 1.807) is 0 Å². The first-order valence-electron chi connectivity index (χ1n) is 8.65. The van der Waals surface area contributed by atoms with E-state index in [4.69, 9.17) is 5.10 Å². The van der Waals surface area contributed by atoms with Crippen molar-refractivity contribution in [2.24, 2.45) is 5.10 Å². The zero-order chi connectivity index (χ0) is 17.1. The molecule has 2 rings (SSSR count). The molecule has 5 heteroatoms. The Morgan fingerprint density at radius 1 is 1.04 bits per heavy atom. The lowest BCUT2D eigenvalue weighted by molar-refractivity contribution is 0.0985. The first kappa shape index (κ1) is 18.1. The fourth-order valence-corrected chi connectivity index (χ4v) is 14.5. The van der Waals surface area contributed by atoms with Crippen LogP contribution in [0.3, 0.4) is 0 Å². The van der Waals surface area contributed by atoms with E-state index in [1.165, 1.54) is 18.5 Å². The normalized spacial score (nSPS) is 20.4. The maximum Gasteiger partial charge on any atom is 0.163 e. The van der Waals surface area contributed by atoms with E-state index < -0.39 is 16.5 Å². The van der Waals surface area contributed by atoms with Crippen LogP contribution in [0.5, 0.6) is 0 Å². The molecule has 1 aliphatic rings. The smallest absolute Gasteiger partial charge is 0.163 e. The van der Waals surface area contributed by atoms with Crippen LogP contribution >= 0.6 is 0 Å². The highest BCUT2D eigenvalue weighted by atomic mass is 28.4. The Morgan fingerprint density at radius 3 is 2.17 bits per heavy atom. The molecule has 0 radical (unpaired) electrons. The number of hydrogen-bond acceptors (Lipinski definition) is 3. The van der Waals surface area contributed by atoms with Gasteiger partial charge in [0.2, 0.25) is 0 Å².